The van der Waals surface area contributed by atoms with E-state index >= 15 is 0 Å². The number of hydrogen-bond donors (Lipinski definition) is 0. The van der Waals surface area contributed by atoms with Crippen molar-refractivity contribution in [2.45, 2.75) is 117 Å². The summed E-state index contributed by atoms with van der Waals surface area (Å²) in [5.41, 5.74) is 0. The van der Waals surface area contributed by atoms with Crippen molar-refractivity contribution in [1.29, 1.82) is 0 Å². The predicted molar refractivity (Wildman–Crippen MR) is 99.4 cm³/mol. The lowest BCUT2D eigenvalue weighted by Crippen LogP contribution is -1.87. The fraction of sp³-hybridized carbons (Fsp3) is 1.00. The van der Waals surface area contributed by atoms with E-state index in [1.807, 2.05) is 0 Å². The molecule has 0 heterocycles. The van der Waals surface area contributed by atoms with E-state index in [1.54, 1.807) is 0 Å². The van der Waals surface area contributed by atoms with Crippen molar-refractivity contribution in [2.24, 2.45) is 5.92 Å². The van der Waals surface area contributed by atoms with Gasteiger partial charge in [-0.3, -0.25) is 0 Å². The summed E-state index contributed by atoms with van der Waals surface area (Å²) in [5, 5.41) is 0. The van der Waals surface area contributed by atoms with Gasteiger partial charge < -0.3 is 0 Å². The minimum absolute atomic E-state index is 0.845. The standard InChI is InChI=1S/C20H41Cl/c1-20(2)18-16-14-12-10-8-6-4-3-5-7-9-11-13-15-17-19-21/h20H,3-19H2,1-2H3. The highest BCUT2D eigenvalue weighted by Gasteiger charge is 1.96. The van der Waals surface area contributed by atoms with Gasteiger partial charge in [-0.05, 0) is 12.3 Å². The van der Waals surface area contributed by atoms with E-state index in [2.05, 4.69) is 13.8 Å². The van der Waals surface area contributed by atoms with Gasteiger partial charge in [-0.25, -0.2) is 0 Å². The normalized spacial score (nSPS) is 11.4. The molecule has 0 aromatic carbocycles. The van der Waals surface area contributed by atoms with Gasteiger partial charge in [0.25, 0.3) is 0 Å². The molecule has 0 fully saturated rings. The fourth-order valence-corrected chi connectivity index (χ4v) is 3.13. The van der Waals surface area contributed by atoms with E-state index in [0.717, 1.165) is 11.8 Å². The van der Waals surface area contributed by atoms with Crippen molar-refractivity contribution in [3.63, 3.8) is 0 Å². The summed E-state index contributed by atoms with van der Waals surface area (Å²) >= 11 is 5.67. The van der Waals surface area contributed by atoms with Gasteiger partial charge in [-0.2, -0.15) is 0 Å². The lowest BCUT2D eigenvalue weighted by molar-refractivity contribution is 0.502. The maximum atomic E-state index is 5.67. The molecule has 0 nitrogen and oxygen atoms in total. The minimum Gasteiger partial charge on any atom is -0.127 e. The second-order valence-electron chi connectivity index (χ2n) is 7.17. The smallest absolute Gasteiger partial charge is 0.0223 e. The van der Waals surface area contributed by atoms with E-state index in [9.17, 15) is 0 Å². The second-order valence-corrected chi connectivity index (χ2v) is 7.55. The summed E-state index contributed by atoms with van der Waals surface area (Å²) in [6, 6.07) is 0. The van der Waals surface area contributed by atoms with Crippen LogP contribution in [0.2, 0.25) is 0 Å². The molecule has 0 saturated carbocycles. The Morgan fingerprint density at radius 1 is 0.476 bits per heavy atom. The molecule has 0 amide bonds. The number of hydrogen-bond acceptors (Lipinski definition) is 0. The van der Waals surface area contributed by atoms with Crippen LogP contribution in [0.15, 0.2) is 0 Å². The first-order chi connectivity index (χ1) is 10.3. The van der Waals surface area contributed by atoms with Crippen LogP contribution in [0, 0.1) is 5.92 Å². The van der Waals surface area contributed by atoms with Crippen LogP contribution in [0.1, 0.15) is 117 Å². The highest BCUT2D eigenvalue weighted by molar-refractivity contribution is 6.17. The quantitative estimate of drug-likeness (QED) is 0.188. The van der Waals surface area contributed by atoms with Crippen LogP contribution in [0.25, 0.3) is 0 Å². The van der Waals surface area contributed by atoms with Gasteiger partial charge >= 0.3 is 0 Å². The minimum atomic E-state index is 0.845. The SMILES string of the molecule is CC(C)CCCCCCCCCCCCCCCCCCl. The van der Waals surface area contributed by atoms with E-state index in [-0.39, 0.29) is 0 Å². The molecule has 0 bridgehead atoms. The van der Waals surface area contributed by atoms with Gasteiger partial charge in [-0.1, -0.05) is 110 Å². The molecule has 0 N–H and O–H groups in total. The summed E-state index contributed by atoms with van der Waals surface area (Å²) in [6.07, 6.45) is 22.9. The molecule has 0 aliphatic rings. The predicted octanol–water partition coefficient (Wildman–Crippen LogP) is 8.12. The van der Waals surface area contributed by atoms with Gasteiger partial charge in [0.2, 0.25) is 0 Å². The van der Waals surface area contributed by atoms with Gasteiger partial charge in [0.1, 0.15) is 0 Å². The Morgan fingerprint density at radius 2 is 0.762 bits per heavy atom. The zero-order valence-corrected chi connectivity index (χ0v) is 15.7. The molecule has 0 aromatic heterocycles. The fourth-order valence-electron chi connectivity index (χ4n) is 2.95. The van der Waals surface area contributed by atoms with E-state index in [1.165, 1.54) is 103 Å². The summed E-state index contributed by atoms with van der Waals surface area (Å²) in [7, 11) is 0. The zero-order chi connectivity index (χ0) is 15.6. The largest absolute Gasteiger partial charge is 0.127 e. The van der Waals surface area contributed by atoms with Crippen LogP contribution >= 0.6 is 11.6 Å². The lowest BCUT2D eigenvalue weighted by atomic mass is 10.0. The van der Waals surface area contributed by atoms with Crippen molar-refractivity contribution in [2.75, 3.05) is 5.88 Å². The first kappa shape index (κ1) is 21.3. The van der Waals surface area contributed by atoms with Crippen LogP contribution in [0.3, 0.4) is 0 Å². The van der Waals surface area contributed by atoms with Crippen LogP contribution < -0.4 is 0 Å². The summed E-state index contributed by atoms with van der Waals surface area (Å²) in [4.78, 5) is 0. The average Bonchev–Trinajstić information content (AvgIpc) is 2.46. The Labute approximate surface area is 140 Å². The average molecular weight is 317 g/mol. The highest BCUT2D eigenvalue weighted by atomic mass is 35.5. The van der Waals surface area contributed by atoms with Crippen molar-refractivity contribution in [1.82, 2.24) is 0 Å². The van der Waals surface area contributed by atoms with Crippen LogP contribution in [0.5, 0.6) is 0 Å². The maximum Gasteiger partial charge on any atom is 0.0223 e. The Kier molecular flexibility index (Phi) is 18.6. The molecular weight excluding hydrogens is 276 g/mol. The molecule has 0 aliphatic carbocycles. The molecule has 128 valence electrons. The number of rotatable bonds is 17. The third-order valence-corrected chi connectivity index (χ3v) is 4.68. The Hall–Kier alpha value is 0.290. The monoisotopic (exact) mass is 316 g/mol. The van der Waals surface area contributed by atoms with Gasteiger partial charge in [-0.15, -0.1) is 11.6 Å². The zero-order valence-electron chi connectivity index (χ0n) is 15.0. The van der Waals surface area contributed by atoms with Crippen LogP contribution in [0.4, 0.5) is 0 Å². The first-order valence-electron chi connectivity index (χ1n) is 9.83. The van der Waals surface area contributed by atoms with Crippen molar-refractivity contribution < 1.29 is 0 Å². The van der Waals surface area contributed by atoms with Crippen molar-refractivity contribution in [3.05, 3.63) is 0 Å². The van der Waals surface area contributed by atoms with Gasteiger partial charge in [0.15, 0.2) is 0 Å². The third kappa shape index (κ3) is 20.3. The second kappa shape index (κ2) is 18.3. The highest BCUT2D eigenvalue weighted by Crippen LogP contribution is 2.14. The van der Waals surface area contributed by atoms with Crippen LogP contribution in [-0.2, 0) is 0 Å². The summed E-state index contributed by atoms with van der Waals surface area (Å²) in [5.74, 6) is 1.74. The topological polar surface area (TPSA) is 0 Å². The molecule has 0 rings (SSSR count). The van der Waals surface area contributed by atoms with Crippen LogP contribution in [-0.4, -0.2) is 5.88 Å². The summed E-state index contributed by atoms with van der Waals surface area (Å²) in [6.45, 7) is 4.67. The third-order valence-electron chi connectivity index (χ3n) is 4.42. The van der Waals surface area contributed by atoms with E-state index in [0.29, 0.717) is 0 Å². The Bertz CT molecular complexity index is 177. The number of alkyl halides is 1. The molecule has 1 heteroatoms. The number of halogens is 1. The molecule has 0 aromatic rings. The van der Waals surface area contributed by atoms with E-state index < -0.39 is 0 Å². The molecule has 0 unspecified atom stereocenters. The van der Waals surface area contributed by atoms with E-state index in [4.69, 9.17) is 11.6 Å². The maximum absolute atomic E-state index is 5.67. The molecule has 0 spiro atoms. The number of unbranched alkanes of at least 4 members (excludes halogenated alkanes) is 14. The van der Waals surface area contributed by atoms with Gasteiger partial charge in [0, 0.05) is 5.88 Å². The first-order valence-corrected chi connectivity index (χ1v) is 10.4. The molecule has 0 aliphatic heterocycles. The molecule has 0 atom stereocenters. The van der Waals surface area contributed by atoms with Crippen molar-refractivity contribution >= 4 is 11.6 Å². The molecular formula is C20H41Cl. The Morgan fingerprint density at radius 3 is 1.05 bits per heavy atom. The molecule has 0 saturated heterocycles. The molecule has 0 radical (unpaired) electrons. The Balaban J connectivity index is 2.93. The lowest BCUT2D eigenvalue weighted by Gasteiger charge is -2.05. The summed E-state index contributed by atoms with van der Waals surface area (Å²) < 4.78 is 0. The van der Waals surface area contributed by atoms with Crippen molar-refractivity contribution in [3.8, 4) is 0 Å². The molecule has 21 heavy (non-hydrogen) atoms. The van der Waals surface area contributed by atoms with Gasteiger partial charge in [0.05, 0.1) is 0 Å².